The molecule has 3 aliphatic carbocycles. The summed E-state index contributed by atoms with van der Waals surface area (Å²) >= 11 is 0. The van der Waals surface area contributed by atoms with Gasteiger partial charge in [0.15, 0.2) is 0 Å². The highest BCUT2D eigenvalue weighted by Gasteiger charge is 2.54. The van der Waals surface area contributed by atoms with Gasteiger partial charge in [-0.1, -0.05) is 43.7 Å². The van der Waals surface area contributed by atoms with Crippen molar-refractivity contribution in [3.05, 3.63) is 46.5 Å². The van der Waals surface area contributed by atoms with E-state index in [1.54, 1.807) is 0 Å². The Balaban J connectivity index is 1.79. The fourth-order valence-electron chi connectivity index (χ4n) is 4.96. The highest BCUT2D eigenvalue weighted by atomic mass is 16.1. The Kier molecular flexibility index (Phi) is 2.89. The molecule has 4 rings (SSSR count). The van der Waals surface area contributed by atoms with Crippen LogP contribution in [0, 0.1) is 11.8 Å². The van der Waals surface area contributed by atoms with Crippen LogP contribution in [-0.2, 0) is 23.1 Å². The molecule has 0 N–H and O–H groups in total. The molecule has 1 spiro atoms. The maximum absolute atomic E-state index is 12.8. The van der Waals surface area contributed by atoms with Gasteiger partial charge in [-0.05, 0) is 60.6 Å². The Morgan fingerprint density at radius 1 is 1.29 bits per heavy atom. The lowest BCUT2D eigenvalue weighted by atomic mass is 9.61. The van der Waals surface area contributed by atoms with Crippen molar-refractivity contribution in [2.24, 2.45) is 11.8 Å². The van der Waals surface area contributed by atoms with Gasteiger partial charge in [-0.3, -0.25) is 4.79 Å². The van der Waals surface area contributed by atoms with Crippen LogP contribution in [0.2, 0.25) is 0 Å². The molecule has 0 saturated heterocycles. The minimum atomic E-state index is -0.145. The lowest BCUT2D eigenvalue weighted by Crippen LogP contribution is -2.43. The number of ketones is 1. The zero-order valence-electron chi connectivity index (χ0n) is 13.1. The highest BCUT2D eigenvalue weighted by molar-refractivity contribution is 5.94. The summed E-state index contributed by atoms with van der Waals surface area (Å²) in [5.41, 5.74) is 5.66. The van der Waals surface area contributed by atoms with Crippen LogP contribution in [0.4, 0.5) is 0 Å². The number of hydrogen-bond donors (Lipinski definition) is 0. The van der Waals surface area contributed by atoms with E-state index in [4.69, 9.17) is 0 Å². The quantitative estimate of drug-likeness (QED) is 0.735. The van der Waals surface area contributed by atoms with Gasteiger partial charge in [0.05, 0.1) is 5.41 Å². The van der Waals surface area contributed by atoms with Crippen LogP contribution in [-0.4, -0.2) is 5.78 Å². The van der Waals surface area contributed by atoms with Gasteiger partial charge in [-0.2, -0.15) is 0 Å². The van der Waals surface area contributed by atoms with Gasteiger partial charge in [0.2, 0.25) is 0 Å². The lowest BCUT2D eigenvalue weighted by molar-refractivity contribution is -0.126. The first-order chi connectivity index (χ1) is 10.1. The molecule has 110 valence electrons. The fourth-order valence-corrected chi connectivity index (χ4v) is 4.96. The van der Waals surface area contributed by atoms with Crippen molar-refractivity contribution in [3.8, 4) is 0 Å². The Morgan fingerprint density at radius 2 is 2.14 bits per heavy atom. The van der Waals surface area contributed by atoms with Crippen LogP contribution >= 0.6 is 0 Å². The molecule has 1 aromatic rings. The molecule has 1 aromatic carbocycles. The van der Waals surface area contributed by atoms with Crippen molar-refractivity contribution < 1.29 is 4.79 Å². The summed E-state index contributed by atoms with van der Waals surface area (Å²) in [6.45, 7) is 4.54. The van der Waals surface area contributed by atoms with E-state index in [1.807, 2.05) is 0 Å². The second-order valence-corrected chi connectivity index (χ2v) is 7.66. The first-order valence-electron chi connectivity index (χ1n) is 8.43. The Bertz CT molecular complexity index is 637. The monoisotopic (exact) mass is 280 g/mol. The predicted octanol–water partition coefficient (Wildman–Crippen LogP) is 4.38. The van der Waals surface area contributed by atoms with Gasteiger partial charge in [-0.25, -0.2) is 0 Å². The summed E-state index contributed by atoms with van der Waals surface area (Å²) in [7, 11) is 0. The van der Waals surface area contributed by atoms with Gasteiger partial charge in [-0.15, -0.1) is 0 Å². The third-order valence-corrected chi connectivity index (χ3v) is 5.82. The number of fused-ring (bicyclic) bond motifs is 5. The van der Waals surface area contributed by atoms with Gasteiger partial charge >= 0.3 is 0 Å². The molecule has 1 heteroatoms. The minimum absolute atomic E-state index is 0.145. The molecule has 0 aromatic heterocycles. The van der Waals surface area contributed by atoms with Crippen LogP contribution < -0.4 is 0 Å². The number of hydrogen-bond acceptors (Lipinski definition) is 1. The van der Waals surface area contributed by atoms with Crippen molar-refractivity contribution in [2.45, 2.75) is 57.8 Å². The summed E-state index contributed by atoms with van der Waals surface area (Å²) in [4.78, 5) is 12.8. The molecule has 1 nitrogen and oxygen atoms in total. The average molecular weight is 280 g/mol. The van der Waals surface area contributed by atoms with E-state index in [0.29, 0.717) is 17.6 Å². The van der Waals surface area contributed by atoms with Crippen LogP contribution in [0.15, 0.2) is 29.8 Å². The first-order valence-corrected chi connectivity index (χ1v) is 8.43. The van der Waals surface area contributed by atoms with Crippen LogP contribution in [0.1, 0.15) is 56.2 Å². The van der Waals surface area contributed by atoms with Crippen molar-refractivity contribution in [1.29, 1.82) is 0 Å². The van der Waals surface area contributed by atoms with E-state index >= 15 is 0 Å². The van der Waals surface area contributed by atoms with Crippen LogP contribution in [0.3, 0.4) is 0 Å². The van der Waals surface area contributed by atoms with E-state index < -0.39 is 0 Å². The van der Waals surface area contributed by atoms with E-state index in [2.05, 4.69) is 38.1 Å². The number of benzene rings is 1. The van der Waals surface area contributed by atoms with Gasteiger partial charge < -0.3 is 0 Å². The van der Waals surface area contributed by atoms with Crippen molar-refractivity contribution >= 4 is 5.78 Å². The number of carbonyl (C=O) groups excluding carboxylic acids is 1. The molecular weight excluding hydrogens is 256 g/mol. The van der Waals surface area contributed by atoms with Crippen LogP contribution in [0.25, 0.3) is 0 Å². The second kappa shape index (κ2) is 4.56. The smallest absolute Gasteiger partial charge is 0.144 e. The molecule has 0 heterocycles. The van der Waals surface area contributed by atoms with E-state index in [9.17, 15) is 4.79 Å². The lowest BCUT2D eigenvalue weighted by Gasteiger charge is -2.40. The third kappa shape index (κ3) is 1.86. The number of Topliss-reactive ketones (excluding diaryl/α,β-unsaturated/α-hetero) is 1. The zero-order chi connectivity index (χ0) is 14.6. The summed E-state index contributed by atoms with van der Waals surface area (Å²) in [5, 5.41) is 0. The number of carbonyl (C=O) groups is 1. The molecule has 1 saturated carbocycles. The first kappa shape index (κ1) is 13.3. The Labute approximate surface area is 127 Å². The largest absolute Gasteiger partial charge is 0.299 e. The molecule has 2 unspecified atom stereocenters. The topological polar surface area (TPSA) is 17.1 Å². The van der Waals surface area contributed by atoms with Crippen molar-refractivity contribution in [1.82, 2.24) is 0 Å². The molecule has 3 aliphatic rings. The zero-order valence-corrected chi connectivity index (χ0v) is 13.1. The highest BCUT2D eigenvalue weighted by Crippen LogP contribution is 2.57. The molecule has 1 fully saturated rings. The van der Waals surface area contributed by atoms with Gasteiger partial charge in [0.1, 0.15) is 5.78 Å². The fraction of sp³-hybridized carbons (Fsp3) is 0.550. The number of aryl methyl sites for hydroxylation is 1. The van der Waals surface area contributed by atoms with Crippen LogP contribution in [0.5, 0.6) is 0 Å². The summed E-state index contributed by atoms with van der Waals surface area (Å²) < 4.78 is 0. The number of rotatable bonds is 2. The van der Waals surface area contributed by atoms with E-state index in [0.717, 1.165) is 32.1 Å². The summed E-state index contributed by atoms with van der Waals surface area (Å²) in [6.07, 6.45) is 8.52. The second-order valence-electron chi connectivity index (χ2n) is 7.66. The molecule has 21 heavy (non-hydrogen) atoms. The Hall–Kier alpha value is -1.37. The maximum Gasteiger partial charge on any atom is 0.144 e. The Morgan fingerprint density at radius 3 is 2.81 bits per heavy atom. The van der Waals surface area contributed by atoms with E-state index in [-0.39, 0.29) is 5.41 Å². The van der Waals surface area contributed by atoms with Gasteiger partial charge in [0.25, 0.3) is 0 Å². The molecule has 0 amide bonds. The van der Waals surface area contributed by atoms with E-state index in [1.165, 1.54) is 28.7 Å². The SMILES string of the molecule is CC(C)Cc1ccc2c(c1)CCC(=O)C21CC2=CCC1C2. The van der Waals surface area contributed by atoms with Crippen molar-refractivity contribution in [3.63, 3.8) is 0 Å². The molecule has 2 atom stereocenters. The molecule has 2 bridgehead atoms. The molecule has 0 aliphatic heterocycles. The molecule has 0 radical (unpaired) electrons. The average Bonchev–Trinajstić information content (AvgIpc) is 3.04. The normalized spacial score (nSPS) is 30.1. The summed E-state index contributed by atoms with van der Waals surface area (Å²) in [5.74, 6) is 1.75. The number of allylic oxidation sites excluding steroid dienone is 2. The predicted molar refractivity (Wildman–Crippen MR) is 85.4 cm³/mol. The molecular formula is C20H24O. The minimum Gasteiger partial charge on any atom is -0.299 e. The van der Waals surface area contributed by atoms with Gasteiger partial charge in [0, 0.05) is 6.42 Å². The maximum atomic E-state index is 12.8. The van der Waals surface area contributed by atoms with Crippen molar-refractivity contribution in [2.75, 3.05) is 0 Å². The third-order valence-electron chi connectivity index (χ3n) is 5.82. The summed E-state index contributed by atoms with van der Waals surface area (Å²) in [6, 6.07) is 6.97. The standard InChI is InChI=1S/C20H24O/c1-13(2)9-14-4-7-18-16(10-14)5-8-19(21)20(18)12-15-3-6-17(20)11-15/h3-4,7,10,13,17H,5-6,8-9,11-12H2,1-2H3.